The molecule has 1 aromatic rings. The number of ketones is 1. The van der Waals surface area contributed by atoms with Crippen molar-refractivity contribution in [3.63, 3.8) is 0 Å². The van der Waals surface area contributed by atoms with Gasteiger partial charge in [0, 0.05) is 18.2 Å². The molecule has 0 saturated heterocycles. The molecule has 0 spiro atoms. The summed E-state index contributed by atoms with van der Waals surface area (Å²) < 4.78 is 4.86. The number of hydrogen-bond acceptors (Lipinski definition) is 4. The molecule has 0 aliphatic rings. The summed E-state index contributed by atoms with van der Waals surface area (Å²) in [6.07, 6.45) is 0. The average molecular weight is 263 g/mol. The number of esters is 1. The average Bonchev–Trinajstić information content (AvgIpc) is 2.35. The minimum absolute atomic E-state index is 0.176. The standard InChI is InChI=1S/C14H17NO4/c1-9(2)14(18)19-8-13(17)11-4-6-12(7-5-11)15-10(3)16/h4-7,9H,8H2,1-3H3,(H,15,16). The summed E-state index contributed by atoms with van der Waals surface area (Å²) >= 11 is 0. The first-order chi connectivity index (χ1) is 8.90. The first kappa shape index (κ1) is 14.9. The zero-order valence-corrected chi connectivity index (χ0v) is 11.2. The summed E-state index contributed by atoms with van der Waals surface area (Å²) in [6, 6.07) is 6.41. The molecule has 0 aliphatic heterocycles. The molecule has 0 fully saturated rings. The van der Waals surface area contributed by atoms with Crippen molar-refractivity contribution in [2.24, 2.45) is 5.92 Å². The van der Waals surface area contributed by atoms with Crippen LogP contribution in [0.4, 0.5) is 5.69 Å². The van der Waals surface area contributed by atoms with Gasteiger partial charge in [-0.3, -0.25) is 14.4 Å². The van der Waals surface area contributed by atoms with Crippen LogP contribution in [0.2, 0.25) is 0 Å². The maximum Gasteiger partial charge on any atom is 0.308 e. The van der Waals surface area contributed by atoms with Crippen molar-refractivity contribution in [2.75, 3.05) is 11.9 Å². The third-order valence-corrected chi connectivity index (χ3v) is 2.34. The van der Waals surface area contributed by atoms with E-state index in [1.54, 1.807) is 38.1 Å². The van der Waals surface area contributed by atoms with Crippen LogP contribution in [-0.4, -0.2) is 24.3 Å². The summed E-state index contributed by atoms with van der Waals surface area (Å²) in [5.74, 6) is -1.11. The van der Waals surface area contributed by atoms with Gasteiger partial charge >= 0.3 is 5.97 Å². The molecule has 5 heteroatoms. The highest BCUT2D eigenvalue weighted by Gasteiger charge is 2.12. The van der Waals surface area contributed by atoms with Crippen LogP contribution >= 0.6 is 0 Å². The molecular formula is C14H17NO4. The molecular weight excluding hydrogens is 246 g/mol. The fraction of sp³-hybridized carbons (Fsp3) is 0.357. The second-order valence-corrected chi connectivity index (χ2v) is 4.44. The molecule has 5 nitrogen and oxygen atoms in total. The number of anilines is 1. The zero-order chi connectivity index (χ0) is 14.4. The maximum atomic E-state index is 11.7. The lowest BCUT2D eigenvalue weighted by Crippen LogP contribution is -2.17. The van der Waals surface area contributed by atoms with Crippen LogP contribution in [0.3, 0.4) is 0 Å². The molecule has 1 N–H and O–H groups in total. The molecule has 0 atom stereocenters. The van der Waals surface area contributed by atoms with Crippen LogP contribution in [0.5, 0.6) is 0 Å². The molecule has 0 aromatic heterocycles. The van der Waals surface area contributed by atoms with Gasteiger partial charge in [0.25, 0.3) is 0 Å². The molecule has 1 aromatic carbocycles. The van der Waals surface area contributed by atoms with E-state index in [9.17, 15) is 14.4 Å². The van der Waals surface area contributed by atoms with Gasteiger partial charge in [0.05, 0.1) is 5.92 Å². The fourth-order valence-electron chi connectivity index (χ4n) is 1.33. The van der Waals surface area contributed by atoms with Crippen LogP contribution in [0, 0.1) is 5.92 Å². The van der Waals surface area contributed by atoms with Crippen molar-refractivity contribution < 1.29 is 19.1 Å². The van der Waals surface area contributed by atoms with Gasteiger partial charge < -0.3 is 10.1 Å². The summed E-state index contributed by atoms with van der Waals surface area (Å²) in [7, 11) is 0. The van der Waals surface area contributed by atoms with E-state index in [1.165, 1.54) is 6.92 Å². The van der Waals surface area contributed by atoms with E-state index in [0.29, 0.717) is 11.3 Å². The van der Waals surface area contributed by atoms with Gasteiger partial charge in [-0.15, -0.1) is 0 Å². The van der Waals surface area contributed by atoms with Crippen molar-refractivity contribution in [3.05, 3.63) is 29.8 Å². The highest BCUT2D eigenvalue weighted by molar-refractivity contribution is 5.98. The topological polar surface area (TPSA) is 72.5 Å². The minimum atomic E-state index is -0.400. The largest absolute Gasteiger partial charge is 0.457 e. The number of carbonyl (C=O) groups excluding carboxylic acids is 3. The Bertz CT molecular complexity index is 477. The Morgan fingerprint density at radius 1 is 1.16 bits per heavy atom. The van der Waals surface area contributed by atoms with E-state index < -0.39 is 5.97 Å². The summed E-state index contributed by atoms with van der Waals surface area (Å²) in [6.45, 7) is 4.55. The molecule has 1 amide bonds. The van der Waals surface area contributed by atoms with Gasteiger partial charge in [0.15, 0.2) is 12.4 Å². The van der Waals surface area contributed by atoms with E-state index in [2.05, 4.69) is 5.32 Å². The number of Topliss-reactive ketones (excluding diaryl/α,β-unsaturated/α-hetero) is 1. The van der Waals surface area contributed by atoms with Crippen molar-refractivity contribution in [3.8, 4) is 0 Å². The van der Waals surface area contributed by atoms with Crippen molar-refractivity contribution >= 4 is 23.3 Å². The highest BCUT2D eigenvalue weighted by atomic mass is 16.5. The van der Waals surface area contributed by atoms with Crippen molar-refractivity contribution in [2.45, 2.75) is 20.8 Å². The summed E-state index contributed by atoms with van der Waals surface area (Å²) in [5, 5.41) is 2.60. The molecule has 0 saturated carbocycles. The van der Waals surface area contributed by atoms with Gasteiger partial charge in [-0.2, -0.15) is 0 Å². The normalized spacial score (nSPS) is 10.1. The van der Waals surface area contributed by atoms with E-state index in [4.69, 9.17) is 4.74 Å². The number of rotatable bonds is 5. The van der Waals surface area contributed by atoms with Crippen LogP contribution in [0.25, 0.3) is 0 Å². The maximum absolute atomic E-state index is 11.7. The predicted molar refractivity (Wildman–Crippen MR) is 70.9 cm³/mol. The number of carbonyl (C=O) groups is 3. The van der Waals surface area contributed by atoms with Gasteiger partial charge in [-0.1, -0.05) is 13.8 Å². The molecule has 0 aliphatic carbocycles. The lowest BCUT2D eigenvalue weighted by Gasteiger charge is -2.07. The quantitative estimate of drug-likeness (QED) is 0.651. The Hall–Kier alpha value is -2.17. The Balaban J connectivity index is 2.58. The molecule has 0 unspecified atom stereocenters. The molecule has 0 radical (unpaired) electrons. The number of hydrogen-bond donors (Lipinski definition) is 1. The molecule has 102 valence electrons. The molecule has 19 heavy (non-hydrogen) atoms. The zero-order valence-electron chi connectivity index (χ0n) is 11.2. The van der Waals surface area contributed by atoms with E-state index in [-0.39, 0.29) is 24.2 Å². The monoisotopic (exact) mass is 263 g/mol. The molecule has 1 rings (SSSR count). The second-order valence-electron chi connectivity index (χ2n) is 4.44. The number of nitrogens with one attached hydrogen (secondary N) is 1. The van der Waals surface area contributed by atoms with Crippen molar-refractivity contribution in [1.29, 1.82) is 0 Å². The SMILES string of the molecule is CC(=O)Nc1ccc(C(=O)COC(=O)C(C)C)cc1. The summed E-state index contributed by atoms with van der Waals surface area (Å²) in [5.41, 5.74) is 1.05. The second kappa shape index (κ2) is 6.68. The van der Waals surface area contributed by atoms with E-state index >= 15 is 0 Å². The Labute approximate surface area is 111 Å². The van der Waals surface area contributed by atoms with Crippen LogP contribution in [0.1, 0.15) is 31.1 Å². The minimum Gasteiger partial charge on any atom is -0.457 e. The lowest BCUT2D eigenvalue weighted by molar-refractivity contribution is -0.146. The molecule has 0 heterocycles. The van der Waals surface area contributed by atoms with E-state index in [0.717, 1.165) is 0 Å². The Morgan fingerprint density at radius 3 is 2.21 bits per heavy atom. The fourth-order valence-corrected chi connectivity index (χ4v) is 1.33. The van der Waals surface area contributed by atoms with Gasteiger partial charge in [-0.25, -0.2) is 0 Å². The Morgan fingerprint density at radius 2 is 1.74 bits per heavy atom. The highest BCUT2D eigenvalue weighted by Crippen LogP contribution is 2.10. The van der Waals surface area contributed by atoms with E-state index in [1.807, 2.05) is 0 Å². The van der Waals surface area contributed by atoms with Crippen LogP contribution in [-0.2, 0) is 14.3 Å². The van der Waals surface area contributed by atoms with Gasteiger partial charge in [0.2, 0.25) is 5.91 Å². The lowest BCUT2D eigenvalue weighted by atomic mass is 10.1. The molecule has 0 bridgehead atoms. The van der Waals surface area contributed by atoms with Crippen molar-refractivity contribution in [1.82, 2.24) is 0 Å². The first-order valence-electron chi connectivity index (χ1n) is 5.97. The van der Waals surface area contributed by atoms with Crippen LogP contribution < -0.4 is 5.32 Å². The first-order valence-corrected chi connectivity index (χ1v) is 5.97. The van der Waals surface area contributed by atoms with Gasteiger partial charge in [0.1, 0.15) is 0 Å². The number of benzene rings is 1. The smallest absolute Gasteiger partial charge is 0.308 e. The predicted octanol–water partition coefficient (Wildman–Crippen LogP) is 2.03. The third-order valence-electron chi connectivity index (χ3n) is 2.34. The Kier molecular flexibility index (Phi) is 5.23. The van der Waals surface area contributed by atoms with Gasteiger partial charge in [-0.05, 0) is 24.3 Å². The number of ether oxygens (including phenoxy) is 1. The summed E-state index contributed by atoms with van der Waals surface area (Å²) in [4.78, 5) is 33.8. The number of amides is 1. The third kappa shape index (κ3) is 4.91. The van der Waals surface area contributed by atoms with Crippen LogP contribution in [0.15, 0.2) is 24.3 Å².